The van der Waals surface area contributed by atoms with E-state index in [4.69, 9.17) is 0 Å². The van der Waals surface area contributed by atoms with Gasteiger partial charge in [-0.05, 0) is 46.1 Å². The summed E-state index contributed by atoms with van der Waals surface area (Å²) in [4.78, 5) is 6.82. The molecule has 3 heteroatoms. The van der Waals surface area contributed by atoms with E-state index in [0.29, 0.717) is 11.5 Å². The molecule has 1 unspecified atom stereocenters. The summed E-state index contributed by atoms with van der Waals surface area (Å²) in [7, 11) is 6.33. The van der Waals surface area contributed by atoms with Gasteiger partial charge in [0.15, 0.2) is 0 Å². The molecule has 1 aromatic rings. The van der Waals surface area contributed by atoms with E-state index in [1.807, 2.05) is 19.3 Å². The lowest BCUT2D eigenvalue weighted by Crippen LogP contribution is -2.35. The fraction of sp³-hybridized carbons (Fsp3) is 0.615. The van der Waals surface area contributed by atoms with E-state index in [-0.39, 0.29) is 0 Å². The zero-order valence-electron chi connectivity index (χ0n) is 10.4. The maximum absolute atomic E-state index is 4.52. The second-order valence-corrected chi connectivity index (χ2v) is 5.01. The predicted molar refractivity (Wildman–Crippen MR) is 66.3 cm³/mol. The molecule has 1 atom stereocenters. The van der Waals surface area contributed by atoms with Gasteiger partial charge in [-0.3, -0.25) is 4.98 Å². The number of hydrogen-bond acceptors (Lipinski definition) is 3. The number of pyridine rings is 1. The third-order valence-electron chi connectivity index (χ3n) is 3.49. The molecule has 1 saturated carbocycles. The molecule has 0 amide bonds. The number of aromatic nitrogens is 1. The molecule has 2 rings (SSSR count). The highest BCUT2D eigenvalue weighted by Gasteiger charge is 2.50. The third-order valence-corrected chi connectivity index (χ3v) is 3.49. The highest BCUT2D eigenvalue weighted by atomic mass is 15.1. The van der Waals surface area contributed by atoms with Crippen LogP contribution in [0.5, 0.6) is 0 Å². The van der Waals surface area contributed by atoms with Crippen molar-refractivity contribution in [1.82, 2.24) is 15.2 Å². The Labute approximate surface area is 97.9 Å². The molecular weight excluding hydrogens is 198 g/mol. The number of nitrogens with zero attached hydrogens (tertiary/aromatic N) is 2. The van der Waals surface area contributed by atoms with E-state index in [2.05, 4.69) is 41.4 Å². The van der Waals surface area contributed by atoms with Gasteiger partial charge in [0.25, 0.3) is 0 Å². The molecule has 1 heterocycles. The number of hydrogen-bond donors (Lipinski definition) is 1. The zero-order chi connectivity index (χ0) is 11.6. The molecule has 1 N–H and O–H groups in total. The molecule has 0 aromatic carbocycles. The number of rotatable bonds is 5. The van der Waals surface area contributed by atoms with Crippen LogP contribution >= 0.6 is 0 Å². The number of nitrogens with one attached hydrogen (secondary N) is 1. The second kappa shape index (κ2) is 4.52. The minimum Gasteiger partial charge on any atom is -0.319 e. The summed E-state index contributed by atoms with van der Waals surface area (Å²) < 4.78 is 0. The van der Waals surface area contributed by atoms with Crippen molar-refractivity contribution in [2.75, 3.05) is 27.7 Å². The van der Waals surface area contributed by atoms with E-state index in [1.54, 1.807) is 0 Å². The van der Waals surface area contributed by atoms with Crippen LogP contribution in [0.2, 0.25) is 0 Å². The summed E-state index contributed by atoms with van der Waals surface area (Å²) in [6.45, 7) is 1.08. The van der Waals surface area contributed by atoms with Crippen molar-refractivity contribution in [3.05, 3.63) is 30.1 Å². The molecule has 0 saturated heterocycles. The van der Waals surface area contributed by atoms with E-state index in [0.717, 1.165) is 6.54 Å². The average molecular weight is 219 g/mol. The largest absolute Gasteiger partial charge is 0.319 e. The van der Waals surface area contributed by atoms with Gasteiger partial charge in [-0.25, -0.2) is 0 Å². The quantitative estimate of drug-likeness (QED) is 0.816. The molecule has 1 aliphatic rings. The Balaban J connectivity index is 2.25. The van der Waals surface area contributed by atoms with Crippen molar-refractivity contribution < 1.29 is 0 Å². The smallest absolute Gasteiger partial charge is 0.0584 e. The Bertz CT molecular complexity index is 330. The Hall–Kier alpha value is -0.930. The van der Waals surface area contributed by atoms with Crippen LogP contribution in [0, 0.1) is 5.41 Å². The SMILES string of the molecule is CNCC1(C(c2ccccn2)N(C)C)CC1. The Morgan fingerprint density at radius 1 is 1.44 bits per heavy atom. The molecule has 16 heavy (non-hydrogen) atoms. The lowest BCUT2D eigenvalue weighted by molar-refractivity contribution is 0.187. The highest BCUT2D eigenvalue weighted by Crippen LogP contribution is 2.55. The van der Waals surface area contributed by atoms with Gasteiger partial charge in [-0.2, -0.15) is 0 Å². The minimum atomic E-state index is 0.395. The zero-order valence-corrected chi connectivity index (χ0v) is 10.4. The fourth-order valence-electron chi connectivity index (χ4n) is 2.72. The Morgan fingerprint density at radius 3 is 2.62 bits per heavy atom. The predicted octanol–water partition coefficient (Wildman–Crippen LogP) is 1.68. The second-order valence-electron chi connectivity index (χ2n) is 5.01. The minimum absolute atomic E-state index is 0.395. The summed E-state index contributed by atoms with van der Waals surface area (Å²) >= 11 is 0. The van der Waals surface area contributed by atoms with Gasteiger partial charge in [0.2, 0.25) is 0 Å². The molecule has 0 bridgehead atoms. The molecule has 1 aromatic heterocycles. The molecule has 3 nitrogen and oxygen atoms in total. The van der Waals surface area contributed by atoms with Gasteiger partial charge < -0.3 is 10.2 Å². The third kappa shape index (κ3) is 2.11. The summed E-state index contributed by atoms with van der Waals surface area (Å²) in [5.41, 5.74) is 1.59. The Kier molecular flexibility index (Phi) is 3.26. The maximum Gasteiger partial charge on any atom is 0.0584 e. The van der Waals surface area contributed by atoms with E-state index >= 15 is 0 Å². The van der Waals surface area contributed by atoms with Gasteiger partial charge in [-0.1, -0.05) is 6.07 Å². The van der Waals surface area contributed by atoms with Crippen molar-refractivity contribution in [2.45, 2.75) is 18.9 Å². The van der Waals surface area contributed by atoms with Gasteiger partial charge in [0, 0.05) is 18.2 Å². The van der Waals surface area contributed by atoms with Crippen LogP contribution in [0.15, 0.2) is 24.4 Å². The van der Waals surface area contributed by atoms with Crippen molar-refractivity contribution in [3.63, 3.8) is 0 Å². The monoisotopic (exact) mass is 219 g/mol. The summed E-state index contributed by atoms with van der Waals surface area (Å²) in [6, 6.07) is 6.63. The van der Waals surface area contributed by atoms with E-state index in [1.165, 1.54) is 18.5 Å². The van der Waals surface area contributed by atoms with Gasteiger partial charge >= 0.3 is 0 Å². The maximum atomic E-state index is 4.52. The summed E-state index contributed by atoms with van der Waals surface area (Å²) in [5, 5.41) is 3.32. The van der Waals surface area contributed by atoms with Crippen molar-refractivity contribution in [1.29, 1.82) is 0 Å². The molecule has 0 aliphatic heterocycles. The van der Waals surface area contributed by atoms with Gasteiger partial charge in [0.05, 0.1) is 11.7 Å². The Morgan fingerprint density at radius 2 is 2.19 bits per heavy atom. The van der Waals surface area contributed by atoms with Crippen LogP contribution in [0.1, 0.15) is 24.6 Å². The summed E-state index contributed by atoms with van der Waals surface area (Å²) in [6.07, 6.45) is 4.49. The first-order valence-corrected chi connectivity index (χ1v) is 5.91. The molecule has 0 spiro atoms. The molecule has 1 fully saturated rings. The molecule has 88 valence electrons. The van der Waals surface area contributed by atoms with E-state index in [9.17, 15) is 0 Å². The lowest BCUT2D eigenvalue weighted by atomic mass is 9.92. The first-order valence-electron chi connectivity index (χ1n) is 5.91. The standard InChI is InChI=1S/C13H21N3/c1-14-10-13(7-8-13)12(16(2)3)11-6-4-5-9-15-11/h4-6,9,12,14H,7-8,10H2,1-3H3. The fourth-order valence-corrected chi connectivity index (χ4v) is 2.72. The molecule has 1 aliphatic carbocycles. The first kappa shape index (κ1) is 11.6. The van der Waals surface area contributed by atoms with Gasteiger partial charge in [-0.15, -0.1) is 0 Å². The van der Waals surface area contributed by atoms with Crippen LogP contribution in [0.4, 0.5) is 0 Å². The van der Waals surface area contributed by atoms with Crippen molar-refractivity contribution >= 4 is 0 Å². The van der Waals surface area contributed by atoms with Crippen molar-refractivity contribution in [3.8, 4) is 0 Å². The van der Waals surface area contributed by atoms with Crippen molar-refractivity contribution in [2.24, 2.45) is 5.41 Å². The summed E-state index contributed by atoms with van der Waals surface area (Å²) in [5.74, 6) is 0. The van der Waals surface area contributed by atoms with Gasteiger partial charge in [0.1, 0.15) is 0 Å². The topological polar surface area (TPSA) is 28.2 Å². The van der Waals surface area contributed by atoms with Crippen LogP contribution < -0.4 is 5.32 Å². The molecule has 0 radical (unpaired) electrons. The normalized spacial score (nSPS) is 19.8. The first-order chi connectivity index (χ1) is 7.69. The molecular formula is C13H21N3. The van der Waals surface area contributed by atoms with Crippen LogP contribution in [0.3, 0.4) is 0 Å². The average Bonchev–Trinajstić information content (AvgIpc) is 3.00. The van der Waals surface area contributed by atoms with E-state index < -0.39 is 0 Å². The van der Waals surface area contributed by atoms with Crippen LogP contribution in [-0.4, -0.2) is 37.6 Å². The van der Waals surface area contributed by atoms with Crippen LogP contribution in [0.25, 0.3) is 0 Å². The lowest BCUT2D eigenvalue weighted by Gasteiger charge is -2.32. The highest BCUT2D eigenvalue weighted by molar-refractivity contribution is 5.17. The van der Waals surface area contributed by atoms with Crippen LogP contribution in [-0.2, 0) is 0 Å².